The van der Waals surface area contributed by atoms with Crippen LogP contribution < -0.4 is 0 Å². The molecule has 0 spiro atoms. The number of hydrogen-bond donors (Lipinski definition) is 0. The third-order valence-electron chi connectivity index (χ3n) is 2.34. The van der Waals surface area contributed by atoms with E-state index in [1.165, 1.54) is 32.1 Å². The highest BCUT2D eigenvalue weighted by atomic mass is 79.9. The van der Waals surface area contributed by atoms with E-state index in [1.54, 1.807) is 0 Å². The summed E-state index contributed by atoms with van der Waals surface area (Å²) in [7, 11) is 0. The Hall–Kier alpha value is 0.180. The summed E-state index contributed by atoms with van der Waals surface area (Å²) in [5, 5.41) is 0. The van der Waals surface area contributed by atoms with Crippen LogP contribution in [0.3, 0.4) is 0 Å². The predicted molar refractivity (Wildman–Crippen MR) is 55.5 cm³/mol. The van der Waals surface area contributed by atoms with Gasteiger partial charge in [0.05, 0.1) is 6.61 Å². The molecule has 70 valence electrons. The van der Waals surface area contributed by atoms with Crippen molar-refractivity contribution < 1.29 is 4.74 Å². The van der Waals surface area contributed by atoms with E-state index in [1.807, 2.05) is 0 Å². The summed E-state index contributed by atoms with van der Waals surface area (Å²) in [5.74, 6) is 0.811. The summed E-state index contributed by atoms with van der Waals surface area (Å²) >= 11 is 3.28. The molecule has 0 atom stereocenters. The summed E-state index contributed by atoms with van der Waals surface area (Å²) in [6.07, 6.45) is 6.91. The van der Waals surface area contributed by atoms with E-state index >= 15 is 0 Å². The summed E-state index contributed by atoms with van der Waals surface area (Å²) in [6.45, 7) is 5.31. The van der Waals surface area contributed by atoms with Crippen LogP contribution in [0.5, 0.6) is 0 Å². The molecule has 1 nitrogen and oxygen atoms in total. The van der Waals surface area contributed by atoms with Crippen molar-refractivity contribution in [1.82, 2.24) is 0 Å². The van der Waals surface area contributed by atoms with Crippen LogP contribution in [0, 0.1) is 5.92 Å². The highest BCUT2D eigenvalue weighted by molar-refractivity contribution is 9.11. The van der Waals surface area contributed by atoms with Gasteiger partial charge in [-0.3, -0.25) is 0 Å². The molecule has 12 heavy (non-hydrogen) atoms. The summed E-state index contributed by atoms with van der Waals surface area (Å²) in [4.78, 5) is 0. The molecule has 1 aliphatic carbocycles. The van der Waals surface area contributed by atoms with E-state index in [-0.39, 0.29) is 0 Å². The Bertz CT molecular complexity index is 139. The van der Waals surface area contributed by atoms with Crippen molar-refractivity contribution >= 4 is 15.9 Å². The highest BCUT2D eigenvalue weighted by Gasteiger charge is 2.12. The van der Waals surface area contributed by atoms with Gasteiger partial charge in [-0.05, 0) is 18.8 Å². The largest absolute Gasteiger partial charge is 0.376 e. The smallest absolute Gasteiger partial charge is 0.0775 e. The molecule has 0 heterocycles. The van der Waals surface area contributed by atoms with Crippen LogP contribution in [-0.4, -0.2) is 13.2 Å². The molecule has 0 N–H and O–H groups in total. The fourth-order valence-electron chi connectivity index (χ4n) is 1.69. The second-order valence-electron chi connectivity index (χ2n) is 3.54. The van der Waals surface area contributed by atoms with Gasteiger partial charge in [0.25, 0.3) is 0 Å². The van der Waals surface area contributed by atoms with Gasteiger partial charge in [0.2, 0.25) is 0 Å². The Balaban J connectivity index is 2.01. The Morgan fingerprint density at radius 2 is 2.00 bits per heavy atom. The van der Waals surface area contributed by atoms with Crippen molar-refractivity contribution in [3.05, 3.63) is 11.1 Å². The van der Waals surface area contributed by atoms with Crippen LogP contribution in [-0.2, 0) is 4.74 Å². The summed E-state index contributed by atoms with van der Waals surface area (Å²) < 4.78 is 6.43. The predicted octanol–water partition coefficient (Wildman–Crippen LogP) is 3.49. The standard InChI is InChI=1S/C10H17BrO/c1-9(11)7-12-8-10-5-3-2-4-6-10/h10H,1-8H2. The first-order valence-corrected chi connectivity index (χ1v) is 5.49. The van der Waals surface area contributed by atoms with Crippen LogP contribution in [0.25, 0.3) is 0 Å². The molecule has 1 rings (SSSR count). The molecule has 0 aliphatic heterocycles. The van der Waals surface area contributed by atoms with Crippen LogP contribution >= 0.6 is 15.9 Å². The Labute approximate surface area is 83.3 Å². The number of rotatable bonds is 4. The minimum Gasteiger partial charge on any atom is -0.376 e. The second kappa shape index (κ2) is 5.76. The zero-order chi connectivity index (χ0) is 8.81. The van der Waals surface area contributed by atoms with Gasteiger partial charge in [-0.2, -0.15) is 0 Å². The lowest BCUT2D eigenvalue weighted by molar-refractivity contribution is 0.105. The minimum absolute atomic E-state index is 0.663. The molecule has 1 fully saturated rings. The average molecular weight is 233 g/mol. The number of halogens is 1. The lowest BCUT2D eigenvalue weighted by Crippen LogP contribution is -2.13. The molecular formula is C10H17BrO. The van der Waals surface area contributed by atoms with Gasteiger partial charge in [-0.25, -0.2) is 0 Å². The average Bonchev–Trinajstić information content (AvgIpc) is 2.05. The first-order valence-electron chi connectivity index (χ1n) is 4.70. The van der Waals surface area contributed by atoms with Crippen LogP contribution in [0.15, 0.2) is 11.1 Å². The Morgan fingerprint density at radius 3 is 2.58 bits per heavy atom. The minimum atomic E-state index is 0.663. The molecule has 0 bridgehead atoms. The quantitative estimate of drug-likeness (QED) is 0.722. The number of hydrogen-bond acceptors (Lipinski definition) is 1. The maximum Gasteiger partial charge on any atom is 0.0775 e. The van der Waals surface area contributed by atoms with Crippen molar-refractivity contribution in [1.29, 1.82) is 0 Å². The van der Waals surface area contributed by atoms with Gasteiger partial charge in [0.1, 0.15) is 0 Å². The van der Waals surface area contributed by atoms with Gasteiger partial charge >= 0.3 is 0 Å². The zero-order valence-corrected chi connectivity index (χ0v) is 9.11. The first-order chi connectivity index (χ1) is 5.79. The van der Waals surface area contributed by atoms with Crippen LogP contribution in [0.4, 0.5) is 0 Å². The normalized spacial score (nSPS) is 19.4. The van der Waals surface area contributed by atoms with Gasteiger partial charge in [-0.15, -0.1) is 0 Å². The van der Waals surface area contributed by atoms with Gasteiger partial charge in [-0.1, -0.05) is 41.8 Å². The van der Waals surface area contributed by atoms with Gasteiger partial charge in [0, 0.05) is 11.1 Å². The third kappa shape index (κ3) is 4.27. The SMILES string of the molecule is C=C(Br)COCC1CCCCC1. The first kappa shape index (κ1) is 10.3. The molecule has 1 aliphatic rings. The van der Waals surface area contributed by atoms with Crippen molar-refractivity contribution in [2.45, 2.75) is 32.1 Å². The zero-order valence-electron chi connectivity index (χ0n) is 7.52. The van der Waals surface area contributed by atoms with E-state index in [0.29, 0.717) is 6.61 Å². The molecule has 0 aromatic carbocycles. The third-order valence-corrected chi connectivity index (χ3v) is 2.57. The van der Waals surface area contributed by atoms with Crippen LogP contribution in [0.1, 0.15) is 32.1 Å². The Kier molecular flexibility index (Phi) is 4.93. The Morgan fingerprint density at radius 1 is 1.33 bits per heavy atom. The highest BCUT2D eigenvalue weighted by Crippen LogP contribution is 2.23. The molecule has 0 unspecified atom stereocenters. The molecule has 2 heteroatoms. The van der Waals surface area contributed by atoms with E-state index in [0.717, 1.165) is 17.0 Å². The number of ether oxygens (including phenoxy) is 1. The van der Waals surface area contributed by atoms with Crippen molar-refractivity contribution in [3.8, 4) is 0 Å². The van der Waals surface area contributed by atoms with Crippen molar-refractivity contribution in [2.24, 2.45) is 5.92 Å². The molecule has 0 saturated heterocycles. The molecule has 0 aromatic heterocycles. The maximum absolute atomic E-state index is 5.49. The molecule has 0 aromatic rings. The topological polar surface area (TPSA) is 9.23 Å². The van der Waals surface area contributed by atoms with E-state index in [4.69, 9.17) is 4.74 Å². The van der Waals surface area contributed by atoms with Crippen molar-refractivity contribution in [2.75, 3.05) is 13.2 Å². The van der Waals surface area contributed by atoms with Gasteiger partial charge in [0.15, 0.2) is 0 Å². The molecule has 1 saturated carbocycles. The van der Waals surface area contributed by atoms with E-state index in [9.17, 15) is 0 Å². The molecule has 0 radical (unpaired) electrons. The maximum atomic E-state index is 5.49. The summed E-state index contributed by atoms with van der Waals surface area (Å²) in [5.41, 5.74) is 0. The second-order valence-corrected chi connectivity index (χ2v) is 4.66. The van der Waals surface area contributed by atoms with Crippen LogP contribution in [0.2, 0.25) is 0 Å². The molecule has 0 amide bonds. The summed E-state index contributed by atoms with van der Waals surface area (Å²) in [6, 6.07) is 0. The monoisotopic (exact) mass is 232 g/mol. The van der Waals surface area contributed by atoms with E-state index in [2.05, 4.69) is 22.5 Å². The van der Waals surface area contributed by atoms with E-state index < -0.39 is 0 Å². The van der Waals surface area contributed by atoms with Gasteiger partial charge < -0.3 is 4.74 Å². The lowest BCUT2D eigenvalue weighted by atomic mass is 9.90. The molecular weight excluding hydrogens is 216 g/mol. The fourth-order valence-corrected chi connectivity index (χ4v) is 1.85. The van der Waals surface area contributed by atoms with Crippen molar-refractivity contribution in [3.63, 3.8) is 0 Å². The lowest BCUT2D eigenvalue weighted by Gasteiger charge is -2.21. The fraction of sp³-hybridized carbons (Fsp3) is 0.800.